The van der Waals surface area contributed by atoms with Crippen LogP contribution < -0.4 is 19.8 Å². The number of carbonyl (C=O) groups is 1. The number of carbonyl (C=O) groups excluding carboxylic acids is 1. The Kier molecular flexibility index (Phi) is 4.66. The summed E-state index contributed by atoms with van der Waals surface area (Å²) in [6.45, 7) is 0.123. The molecule has 0 fully saturated rings. The van der Waals surface area contributed by atoms with Crippen molar-refractivity contribution in [3.63, 3.8) is 0 Å². The maximum absolute atomic E-state index is 11.9. The summed E-state index contributed by atoms with van der Waals surface area (Å²) >= 11 is 0. The van der Waals surface area contributed by atoms with Crippen LogP contribution in [0.4, 0.5) is 0 Å². The van der Waals surface area contributed by atoms with Gasteiger partial charge in [0.2, 0.25) is 12.1 Å². The first kappa shape index (κ1) is 15.5. The zero-order valence-electron chi connectivity index (χ0n) is 12.6. The average Bonchev–Trinajstić information content (AvgIpc) is 3.00. The van der Waals surface area contributed by atoms with Gasteiger partial charge in [-0.05, 0) is 18.2 Å². The van der Waals surface area contributed by atoms with Crippen LogP contribution in [-0.4, -0.2) is 16.2 Å². The van der Waals surface area contributed by atoms with E-state index in [-0.39, 0.29) is 19.0 Å². The van der Waals surface area contributed by atoms with Gasteiger partial charge in [-0.1, -0.05) is 28.9 Å². The van der Waals surface area contributed by atoms with Crippen LogP contribution in [0.3, 0.4) is 0 Å². The number of aromatic nitrogens is 3. The lowest BCUT2D eigenvalue weighted by Crippen LogP contribution is -2.43. The fourth-order valence-electron chi connectivity index (χ4n) is 1.98. The highest BCUT2D eigenvalue weighted by Gasteiger charge is 2.13. The van der Waals surface area contributed by atoms with Crippen LogP contribution in [0, 0.1) is 0 Å². The Hall–Kier alpha value is -3.42. The molecule has 8 heteroatoms. The lowest BCUT2D eigenvalue weighted by molar-refractivity contribution is -0.751. The van der Waals surface area contributed by atoms with Gasteiger partial charge in [-0.3, -0.25) is 4.79 Å². The van der Waals surface area contributed by atoms with Crippen LogP contribution in [0.5, 0.6) is 17.6 Å². The molecule has 122 valence electrons. The molecule has 0 unspecified atom stereocenters. The van der Waals surface area contributed by atoms with Crippen molar-refractivity contribution in [2.45, 2.75) is 13.1 Å². The summed E-state index contributed by atoms with van der Waals surface area (Å²) in [5.74, 6) is 0.154. The lowest BCUT2D eigenvalue weighted by atomic mass is 10.2. The number of para-hydroxylation sites is 1. The first-order valence-electron chi connectivity index (χ1n) is 7.17. The van der Waals surface area contributed by atoms with E-state index >= 15 is 0 Å². The van der Waals surface area contributed by atoms with Crippen molar-refractivity contribution >= 4 is 5.91 Å². The van der Waals surface area contributed by atoms with Gasteiger partial charge in [0.05, 0.1) is 5.27 Å². The van der Waals surface area contributed by atoms with E-state index in [0.29, 0.717) is 11.6 Å². The molecule has 0 atom stereocenters. The Bertz CT molecular complexity index is 820. The third-order valence-corrected chi connectivity index (χ3v) is 3.08. The highest BCUT2D eigenvalue weighted by Crippen LogP contribution is 2.22. The maximum atomic E-state index is 11.9. The molecule has 0 saturated carbocycles. The van der Waals surface area contributed by atoms with Gasteiger partial charge >= 0.3 is 0 Å². The van der Waals surface area contributed by atoms with Gasteiger partial charge in [0.25, 0.3) is 12.5 Å². The number of nitrogens with one attached hydrogen (secondary N) is 1. The van der Waals surface area contributed by atoms with Crippen LogP contribution >= 0.6 is 0 Å². The number of hydrogen-bond acceptors (Lipinski definition) is 6. The van der Waals surface area contributed by atoms with E-state index in [1.165, 1.54) is 0 Å². The second kappa shape index (κ2) is 7.23. The summed E-state index contributed by atoms with van der Waals surface area (Å²) in [4.78, 5) is 16.1. The van der Waals surface area contributed by atoms with Gasteiger partial charge < -0.3 is 19.7 Å². The zero-order valence-corrected chi connectivity index (χ0v) is 12.6. The molecule has 0 bridgehead atoms. The molecule has 1 aromatic carbocycles. The number of pyridine rings is 1. The molecule has 1 amide bonds. The topological polar surface area (TPSA) is 104 Å². The third-order valence-electron chi connectivity index (χ3n) is 3.08. The molecule has 0 aliphatic rings. The molecule has 8 nitrogen and oxygen atoms in total. The third kappa shape index (κ3) is 4.07. The number of amides is 1. The highest BCUT2D eigenvalue weighted by molar-refractivity contribution is 5.74. The SMILES string of the molecule is O=C(C[n+]1cc([O-])on1)NCc1cccnc1Oc1ccccc1. The summed E-state index contributed by atoms with van der Waals surface area (Å²) in [5.41, 5.74) is 0.726. The minimum atomic E-state index is -0.603. The van der Waals surface area contributed by atoms with Gasteiger partial charge in [0.1, 0.15) is 11.7 Å². The van der Waals surface area contributed by atoms with E-state index < -0.39 is 5.95 Å². The first-order chi connectivity index (χ1) is 11.7. The Balaban J connectivity index is 1.61. The minimum Gasteiger partial charge on any atom is -0.539 e. The molecule has 3 rings (SSSR count). The van der Waals surface area contributed by atoms with Crippen molar-refractivity contribution in [3.8, 4) is 17.6 Å². The van der Waals surface area contributed by atoms with Gasteiger partial charge in [-0.15, -0.1) is 0 Å². The quantitative estimate of drug-likeness (QED) is 0.663. The largest absolute Gasteiger partial charge is 0.539 e. The molecule has 0 saturated heterocycles. The van der Waals surface area contributed by atoms with Crippen LogP contribution in [0.1, 0.15) is 5.56 Å². The molecular weight excluding hydrogens is 312 g/mol. The van der Waals surface area contributed by atoms with E-state index in [4.69, 9.17) is 4.74 Å². The molecule has 0 radical (unpaired) electrons. The maximum Gasteiger partial charge on any atom is 0.288 e. The van der Waals surface area contributed by atoms with Gasteiger partial charge in [-0.2, -0.15) is 0 Å². The molecule has 0 aliphatic heterocycles. The number of ether oxygens (including phenoxy) is 1. The number of hydrogen-bond donors (Lipinski definition) is 1. The van der Waals surface area contributed by atoms with Crippen molar-refractivity contribution in [2.75, 3.05) is 0 Å². The fourth-order valence-corrected chi connectivity index (χ4v) is 1.98. The number of benzene rings is 1. The van der Waals surface area contributed by atoms with Crippen molar-refractivity contribution in [2.24, 2.45) is 0 Å². The van der Waals surface area contributed by atoms with E-state index in [0.717, 1.165) is 16.4 Å². The van der Waals surface area contributed by atoms with Crippen LogP contribution in [-0.2, 0) is 17.9 Å². The highest BCUT2D eigenvalue weighted by atomic mass is 16.6. The first-order valence-corrected chi connectivity index (χ1v) is 7.17. The smallest absolute Gasteiger partial charge is 0.288 e. The molecule has 24 heavy (non-hydrogen) atoms. The second-order valence-corrected chi connectivity index (χ2v) is 4.88. The number of nitrogens with zero attached hydrogens (tertiary/aromatic N) is 3. The van der Waals surface area contributed by atoms with Gasteiger partial charge in [0, 0.05) is 18.3 Å². The molecule has 1 N–H and O–H groups in total. The minimum absolute atomic E-state index is 0.110. The second-order valence-electron chi connectivity index (χ2n) is 4.88. The molecule has 0 aliphatic carbocycles. The summed E-state index contributed by atoms with van der Waals surface area (Å²) in [6, 6.07) is 12.8. The van der Waals surface area contributed by atoms with Crippen LogP contribution in [0.2, 0.25) is 0 Å². The lowest BCUT2D eigenvalue weighted by Gasteiger charge is -2.10. The van der Waals surface area contributed by atoms with Crippen molar-refractivity contribution in [1.29, 1.82) is 0 Å². The van der Waals surface area contributed by atoms with Crippen molar-refractivity contribution in [1.82, 2.24) is 15.6 Å². The molecule has 3 aromatic rings. The van der Waals surface area contributed by atoms with Crippen LogP contribution in [0.15, 0.2) is 59.4 Å². The van der Waals surface area contributed by atoms with Crippen LogP contribution in [0.25, 0.3) is 0 Å². The predicted molar refractivity (Wildman–Crippen MR) is 78.7 cm³/mol. The van der Waals surface area contributed by atoms with E-state index in [2.05, 4.69) is 20.1 Å². The van der Waals surface area contributed by atoms with Crippen molar-refractivity contribution in [3.05, 3.63) is 60.4 Å². The fraction of sp³-hybridized carbons (Fsp3) is 0.125. The normalized spacial score (nSPS) is 10.3. The van der Waals surface area contributed by atoms with Gasteiger partial charge in [0.15, 0.2) is 0 Å². The Morgan fingerprint density at radius 1 is 1.25 bits per heavy atom. The molecule has 0 spiro atoms. The predicted octanol–water partition coefficient (Wildman–Crippen LogP) is 0.539. The Labute approximate surface area is 137 Å². The molecule has 2 heterocycles. The summed E-state index contributed by atoms with van der Waals surface area (Å²) in [7, 11) is 0. The van der Waals surface area contributed by atoms with E-state index in [1.807, 2.05) is 36.4 Å². The van der Waals surface area contributed by atoms with Gasteiger partial charge in [-0.25, -0.2) is 4.98 Å². The Morgan fingerprint density at radius 2 is 2.08 bits per heavy atom. The van der Waals surface area contributed by atoms with Crippen molar-refractivity contribution < 1.29 is 23.8 Å². The Morgan fingerprint density at radius 3 is 2.83 bits per heavy atom. The van der Waals surface area contributed by atoms with E-state index in [9.17, 15) is 9.90 Å². The monoisotopic (exact) mass is 326 g/mol. The van der Waals surface area contributed by atoms with E-state index in [1.54, 1.807) is 12.3 Å². The molecule has 2 aromatic heterocycles. The summed E-state index contributed by atoms with van der Waals surface area (Å²) in [6.07, 6.45) is 2.72. The molecular formula is C16H14N4O4. The zero-order chi connectivity index (χ0) is 16.8. The summed E-state index contributed by atoms with van der Waals surface area (Å²) in [5, 5.41) is 17.0. The average molecular weight is 326 g/mol. The number of rotatable bonds is 6. The standard InChI is InChI=1S/C16H14N4O4/c21-14(10-20-11-15(22)24-19-20)18-9-12-5-4-8-17-16(12)23-13-6-2-1-3-7-13/h1-8,11H,9-10H2,(H-,18,19,21,22). The summed E-state index contributed by atoms with van der Waals surface area (Å²) < 4.78 is 11.2.